The lowest BCUT2D eigenvalue weighted by atomic mass is 10.1. The van der Waals surface area contributed by atoms with Gasteiger partial charge in [-0.2, -0.15) is 0 Å². The number of methoxy groups -OCH3 is 1. The molecule has 0 saturated carbocycles. The molecular weight excluding hydrogens is 290 g/mol. The Hall–Kier alpha value is -2.49. The minimum Gasteiger partial charge on any atom is -0.497 e. The number of hydrogen-bond acceptors (Lipinski definition) is 3. The Kier molecular flexibility index (Phi) is 5.27. The summed E-state index contributed by atoms with van der Waals surface area (Å²) < 4.78 is 10.9. The van der Waals surface area contributed by atoms with E-state index in [0.29, 0.717) is 12.2 Å². The van der Waals surface area contributed by atoms with Crippen LogP contribution in [0.3, 0.4) is 0 Å². The second-order valence-electron chi connectivity index (χ2n) is 6.32. The zero-order valence-electron chi connectivity index (χ0n) is 14.1. The normalized spacial score (nSPS) is 11.0. The Labute approximate surface area is 137 Å². The first-order valence-electron chi connectivity index (χ1n) is 7.57. The van der Waals surface area contributed by atoms with Crippen molar-refractivity contribution in [2.45, 2.75) is 32.8 Å². The van der Waals surface area contributed by atoms with Gasteiger partial charge in [-0.15, -0.1) is 0 Å². The van der Waals surface area contributed by atoms with Gasteiger partial charge in [0.1, 0.15) is 17.1 Å². The molecule has 0 unspecified atom stereocenters. The van der Waals surface area contributed by atoms with Crippen molar-refractivity contribution in [3.8, 4) is 11.5 Å². The van der Waals surface area contributed by atoms with E-state index >= 15 is 0 Å². The lowest BCUT2D eigenvalue weighted by Crippen LogP contribution is -2.22. The van der Waals surface area contributed by atoms with Gasteiger partial charge in [-0.25, -0.2) is 0 Å². The quantitative estimate of drug-likeness (QED) is 0.905. The van der Waals surface area contributed by atoms with Gasteiger partial charge in [0.15, 0.2) is 0 Å². The highest BCUT2D eigenvalue weighted by molar-refractivity contribution is 5.92. The van der Waals surface area contributed by atoms with Crippen molar-refractivity contribution in [2.75, 3.05) is 12.4 Å². The molecule has 0 aliphatic heterocycles. The number of nitrogens with one attached hydrogen (secondary N) is 1. The molecule has 0 spiro atoms. The van der Waals surface area contributed by atoms with Crippen molar-refractivity contribution in [2.24, 2.45) is 0 Å². The van der Waals surface area contributed by atoms with Crippen molar-refractivity contribution in [3.63, 3.8) is 0 Å². The zero-order valence-corrected chi connectivity index (χ0v) is 14.1. The number of rotatable bonds is 5. The van der Waals surface area contributed by atoms with Crippen molar-refractivity contribution in [1.29, 1.82) is 0 Å². The summed E-state index contributed by atoms with van der Waals surface area (Å²) >= 11 is 0. The summed E-state index contributed by atoms with van der Waals surface area (Å²) in [5, 5.41) is 2.87. The van der Waals surface area contributed by atoms with Gasteiger partial charge in [-0.1, -0.05) is 18.2 Å². The van der Waals surface area contributed by atoms with Crippen LogP contribution >= 0.6 is 0 Å². The minimum absolute atomic E-state index is 0.0669. The van der Waals surface area contributed by atoms with Crippen molar-refractivity contribution in [1.82, 2.24) is 0 Å². The van der Waals surface area contributed by atoms with Crippen LogP contribution in [0.2, 0.25) is 0 Å². The van der Waals surface area contributed by atoms with Crippen molar-refractivity contribution >= 4 is 11.6 Å². The molecule has 0 bridgehead atoms. The molecule has 122 valence electrons. The molecule has 1 amide bonds. The van der Waals surface area contributed by atoms with E-state index in [1.807, 2.05) is 63.2 Å². The van der Waals surface area contributed by atoms with E-state index in [1.54, 1.807) is 13.2 Å². The molecule has 1 N–H and O–H groups in total. The third kappa shape index (κ3) is 5.66. The van der Waals surface area contributed by atoms with Crippen LogP contribution in [0.4, 0.5) is 5.69 Å². The summed E-state index contributed by atoms with van der Waals surface area (Å²) in [5.41, 5.74) is 1.43. The van der Waals surface area contributed by atoms with Gasteiger partial charge in [0, 0.05) is 11.8 Å². The fourth-order valence-corrected chi connectivity index (χ4v) is 2.12. The molecule has 0 aliphatic carbocycles. The third-order valence-corrected chi connectivity index (χ3v) is 3.07. The molecule has 4 heteroatoms. The number of carbonyl (C=O) groups is 1. The highest BCUT2D eigenvalue weighted by atomic mass is 16.5. The van der Waals surface area contributed by atoms with Crippen LogP contribution in [0.25, 0.3) is 0 Å². The maximum atomic E-state index is 12.1. The summed E-state index contributed by atoms with van der Waals surface area (Å²) in [6.45, 7) is 6.01. The number of hydrogen-bond donors (Lipinski definition) is 1. The Bertz CT molecular complexity index is 657. The number of ether oxygens (including phenoxy) is 2. The minimum atomic E-state index is -0.231. The molecule has 0 radical (unpaired) electrons. The largest absolute Gasteiger partial charge is 0.497 e. The first kappa shape index (κ1) is 16.9. The third-order valence-electron chi connectivity index (χ3n) is 3.07. The molecule has 2 rings (SSSR count). The van der Waals surface area contributed by atoms with Crippen LogP contribution in [0.1, 0.15) is 26.3 Å². The predicted molar refractivity (Wildman–Crippen MR) is 92.2 cm³/mol. The van der Waals surface area contributed by atoms with Gasteiger partial charge in [0.25, 0.3) is 0 Å². The highest BCUT2D eigenvalue weighted by Gasteiger charge is 2.12. The first-order chi connectivity index (χ1) is 10.9. The molecule has 0 aliphatic rings. The van der Waals surface area contributed by atoms with E-state index in [4.69, 9.17) is 9.47 Å². The van der Waals surface area contributed by atoms with Crippen LogP contribution in [0.5, 0.6) is 11.5 Å². The van der Waals surface area contributed by atoms with Crippen LogP contribution in [-0.4, -0.2) is 18.6 Å². The molecule has 0 fully saturated rings. The lowest BCUT2D eigenvalue weighted by molar-refractivity contribution is -0.115. The average Bonchev–Trinajstić information content (AvgIpc) is 2.48. The van der Waals surface area contributed by atoms with Gasteiger partial charge >= 0.3 is 0 Å². The van der Waals surface area contributed by atoms with Gasteiger partial charge in [0.05, 0.1) is 13.5 Å². The predicted octanol–water partition coefficient (Wildman–Crippen LogP) is 4.05. The Morgan fingerprint density at radius 1 is 1.04 bits per heavy atom. The maximum Gasteiger partial charge on any atom is 0.228 e. The summed E-state index contributed by atoms with van der Waals surface area (Å²) in [6, 6.07) is 14.9. The lowest BCUT2D eigenvalue weighted by Gasteiger charge is -2.21. The van der Waals surface area contributed by atoms with E-state index in [9.17, 15) is 4.79 Å². The highest BCUT2D eigenvalue weighted by Crippen LogP contribution is 2.20. The fourth-order valence-electron chi connectivity index (χ4n) is 2.12. The van der Waals surface area contributed by atoms with Crippen LogP contribution < -0.4 is 14.8 Å². The van der Waals surface area contributed by atoms with Crippen molar-refractivity contribution in [3.05, 3.63) is 54.1 Å². The van der Waals surface area contributed by atoms with E-state index in [1.165, 1.54) is 0 Å². The molecule has 2 aromatic rings. The van der Waals surface area contributed by atoms with Crippen LogP contribution in [0, 0.1) is 0 Å². The van der Waals surface area contributed by atoms with E-state index in [2.05, 4.69) is 5.32 Å². The second-order valence-corrected chi connectivity index (χ2v) is 6.32. The summed E-state index contributed by atoms with van der Waals surface area (Å²) in [6.07, 6.45) is 0.313. The Morgan fingerprint density at radius 2 is 1.74 bits per heavy atom. The molecule has 4 nitrogen and oxygen atoms in total. The molecule has 0 heterocycles. The fraction of sp³-hybridized carbons (Fsp3) is 0.316. The van der Waals surface area contributed by atoms with E-state index < -0.39 is 0 Å². The summed E-state index contributed by atoms with van der Waals surface area (Å²) in [4.78, 5) is 12.1. The van der Waals surface area contributed by atoms with Gasteiger partial charge in [-0.05, 0) is 50.6 Å². The zero-order chi connectivity index (χ0) is 16.9. The molecule has 23 heavy (non-hydrogen) atoms. The van der Waals surface area contributed by atoms with Crippen molar-refractivity contribution < 1.29 is 14.3 Å². The molecular formula is C19H23NO3. The van der Waals surface area contributed by atoms with Gasteiger partial charge < -0.3 is 14.8 Å². The monoisotopic (exact) mass is 313 g/mol. The summed E-state index contributed by atoms with van der Waals surface area (Å²) in [7, 11) is 1.60. The Balaban J connectivity index is 1.94. The Morgan fingerprint density at radius 3 is 2.35 bits per heavy atom. The molecule has 2 aromatic carbocycles. The van der Waals surface area contributed by atoms with Crippen LogP contribution in [0.15, 0.2) is 48.5 Å². The number of amides is 1. The summed E-state index contributed by atoms with van der Waals surface area (Å²) in [5.74, 6) is 1.45. The van der Waals surface area contributed by atoms with Gasteiger partial charge in [-0.3, -0.25) is 4.79 Å². The van der Waals surface area contributed by atoms with Crippen LogP contribution in [-0.2, 0) is 11.2 Å². The SMILES string of the molecule is COc1cccc(NC(=O)Cc2ccc(OC(C)(C)C)cc2)c1. The average molecular weight is 313 g/mol. The molecule has 0 aromatic heterocycles. The van der Waals surface area contributed by atoms with Gasteiger partial charge in [0.2, 0.25) is 5.91 Å². The second kappa shape index (κ2) is 7.18. The maximum absolute atomic E-state index is 12.1. The number of anilines is 1. The topological polar surface area (TPSA) is 47.6 Å². The first-order valence-corrected chi connectivity index (χ1v) is 7.57. The standard InChI is InChI=1S/C19H23NO3/c1-19(2,3)23-16-10-8-14(9-11-16)12-18(21)20-15-6-5-7-17(13-15)22-4/h5-11,13H,12H2,1-4H3,(H,20,21). The van der Waals surface area contributed by atoms with E-state index in [-0.39, 0.29) is 11.5 Å². The number of benzene rings is 2. The smallest absolute Gasteiger partial charge is 0.228 e. The number of carbonyl (C=O) groups excluding carboxylic acids is 1. The molecule has 0 saturated heterocycles. The molecule has 0 atom stereocenters. The van der Waals surface area contributed by atoms with E-state index in [0.717, 1.165) is 17.0 Å².